The Labute approximate surface area is 391 Å². The van der Waals surface area contributed by atoms with E-state index in [4.69, 9.17) is 9.47 Å². The summed E-state index contributed by atoms with van der Waals surface area (Å²) in [7, 11) is 0. The van der Waals surface area contributed by atoms with Crippen LogP contribution in [0.3, 0.4) is 0 Å². The quantitative estimate of drug-likeness (QED) is 0.0510. The van der Waals surface area contributed by atoms with Crippen LogP contribution < -0.4 is 14.6 Å². The van der Waals surface area contributed by atoms with E-state index in [9.17, 15) is 44.1 Å². The van der Waals surface area contributed by atoms with Crippen LogP contribution in [-0.4, -0.2) is 110 Å². The van der Waals surface area contributed by atoms with Gasteiger partial charge in [-0.25, -0.2) is 4.57 Å². The molecule has 0 spiro atoms. The van der Waals surface area contributed by atoms with Crippen LogP contribution in [0.25, 0.3) is 6.08 Å². The summed E-state index contributed by atoms with van der Waals surface area (Å²) in [6, 6.07) is 15.1. The first-order valence-corrected chi connectivity index (χ1v) is 23.6. The number of piperidine rings is 1. The number of benzene rings is 2. The summed E-state index contributed by atoms with van der Waals surface area (Å²) < 4.78 is 13.5. The van der Waals surface area contributed by atoms with Crippen molar-refractivity contribution in [1.29, 1.82) is 0 Å². The van der Waals surface area contributed by atoms with E-state index < -0.39 is 47.9 Å². The number of aryl methyl sites for hydroxylation is 2. The second-order valence-electron chi connectivity index (χ2n) is 18.5. The van der Waals surface area contributed by atoms with Gasteiger partial charge in [0.2, 0.25) is 12.2 Å². The van der Waals surface area contributed by atoms with Gasteiger partial charge in [0, 0.05) is 67.3 Å². The molecular weight excluding hydrogens is 857 g/mol. The second kappa shape index (κ2) is 22.3. The zero-order valence-electron chi connectivity index (χ0n) is 38.4. The molecule has 2 aromatic carbocycles. The van der Waals surface area contributed by atoms with Gasteiger partial charge in [0.1, 0.15) is 29.6 Å². The number of carbonyl (C=O) groups is 6. The molecule has 4 amide bonds. The van der Waals surface area contributed by atoms with Crippen LogP contribution in [0.2, 0.25) is 0 Å². The average Bonchev–Trinajstić information content (AvgIpc) is 3.63. The van der Waals surface area contributed by atoms with Gasteiger partial charge in [0.15, 0.2) is 30.5 Å². The molecule has 1 aliphatic carbocycles. The lowest BCUT2D eigenvalue weighted by Gasteiger charge is -2.46. The molecule has 3 aliphatic heterocycles. The number of carbonyl (C=O) groups excluding carboxylic acids is 6. The number of likely N-dealkylation sites (tertiary alicyclic amines) is 1. The number of allylic oxidation sites excluding steroid dienone is 1. The summed E-state index contributed by atoms with van der Waals surface area (Å²) in [5.74, 6) is -0.752. The molecule has 4 N–H and O–H groups in total. The Bertz CT molecular complexity index is 2370. The van der Waals surface area contributed by atoms with Gasteiger partial charge in [-0.2, -0.15) is 0 Å². The molecule has 0 bridgehead atoms. The Balaban J connectivity index is 0.910. The van der Waals surface area contributed by atoms with Crippen LogP contribution >= 0.6 is 0 Å². The molecule has 356 valence electrons. The van der Waals surface area contributed by atoms with Crippen molar-refractivity contribution in [1.82, 2.24) is 9.80 Å². The molecule has 2 unspecified atom stereocenters. The highest BCUT2D eigenvalue weighted by Crippen LogP contribution is 2.41. The lowest BCUT2D eigenvalue weighted by atomic mass is 9.71. The van der Waals surface area contributed by atoms with E-state index in [-0.39, 0.29) is 54.8 Å². The Morgan fingerprint density at radius 3 is 2.37 bits per heavy atom. The monoisotopic (exact) mass is 919 g/mol. The van der Waals surface area contributed by atoms with Crippen molar-refractivity contribution in [2.45, 2.75) is 134 Å². The maximum Gasteiger partial charge on any atom is 0.254 e. The largest absolute Gasteiger partial charge is 0.460 e. The van der Waals surface area contributed by atoms with Crippen molar-refractivity contribution in [2.24, 2.45) is 5.92 Å². The highest BCUT2D eigenvalue weighted by molar-refractivity contribution is 6.16. The van der Waals surface area contributed by atoms with E-state index in [0.717, 1.165) is 78.8 Å². The Hall–Kier alpha value is -5.87. The summed E-state index contributed by atoms with van der Waals surface area (Å²) in [6.07, 6.45) is 11.8. The number of imide groups is 1. The predicted molar refractivity (Wildman–Crippen MR) is 247 cm³/mol. The fraction of sp³-hybridized carbons (Fsp3) is 0.481. The third-order valence-corrected chi connectivity index (χ3v) is 13.5. The fourth-order valence-corrected chi connectivity index (χ4v) is 9.52. The first kappa shape index (κ1) is 49.0. The molecule has 7 rings (SSSR count). The number of ketones is 2. The standard InChI is InChI=1S/C52H62N4O11/c1-34-10-6-13-39(28-34)50(65)55-26-21-36(22-27-55)11-4-3-5-14-40(57)18-17-37-12-8-25-54(31-37)32-38-29-35(2)49(67-51-48(64)47(63)42(58)33-66-51)41(30-38)53-44(60)16-7-15-43(59)52(23-9-24-52)56-45(61)19-20-46(56)62/h6,8,10,12-13,17-20,25,28-31,36,42,47-48,51,58,63-64H,3-5,7,9,11,14-16,21-24,26-27,32-33H2,1-2H3/p+1/b18-17+/t42?,47-,48-,51?/m0/s1. The molecule has 1 saturated carbocycles. The van der Waals surface area contributed by atoms with Gasteiger partial charge in [0.25, 0.3) is 17.7 Å². The number of unbranched alkanes of at least 4 members (excludes halogenated alkanes) is 2. The molecule has 3 aromatic rings. The molecule has 4 atom stereocenters. The van der Waals surface area contributed by atoms with Gasteiger partial charge in [0.05, 0.1) is 12.3 Å². The van der Waals surface area contributed by atoms with Crippen molar-refractivity contribution >= 4 is 47.0 Å². The maximum atomic E-state index is 13.5. The smallest absolute Gasteiger partial charge is 0.254 e. The van der Waals surface area contributed by atoms with Crippen LogP contribution in [0, 0.1) is 19.8 Å². The number of nitrogens with zero attached hydrogens (tertiary/aromatic N) is 3. The van der Waals surface area contributed by atoms with E-state index >= 15 is 0 Å². The number of anilines is 1. The Morgan fingerprint density at radius 2 is 1.66 bits per heavy atom. The Kier molecular flexibility index (Phi) is 16.3. The maximum absolute atomic E-state index is 13.5. The van der Waals surface area contributed by atoms with Crippen LogP contribution in [-0.2, 0) is 35.3 Å². The minimum absolute atomic E-state index is 0.0103. The van der Waals surface area contributed by atoms with Gasteiger partial charge in [-0.3, -0.25) is 33.7 Å². The number of nitrogens with one attached hydrogen (secondary N) is 1. The normalized spacial score (nSPS) is 21.7. The van der Waals surface area contributed by atoms with Crippen molar-refractivity contribution < 1.29 is 58.1 Å². The first-order valence-electron chi connectivity index (χ1n) is 23.6. The van der Waals surface area contributed by atoms with E-state index in [0.29, 0.717) is 43.7 Å². The van der Waals surface area contributed by atoms with E-state index in [1.165, 1.54) is 12.2 Å². The average molecular weight is 920 g/mol. The second-order valence-corrected chi connectivity index (χ2v) is 18.5. The Morgan fingerprint density at radius 1 is 0.896 bits per heavy atom. The summed E-state index contributed by atoms with van der Waals surface area (Å²) in [6.45, 7) is 5.41. The van der Waals surface area contributed by atoms with Crippen molar-refractivity contribution in [3.8, 4) is 5.75 Å². The van der Waals surface area contributed by atoms with Crippen molar-refractivity contribution in [2.75, 3.05) is 25.0 Å². The molecule has 15 heteroatoms. The van der Waals surface area contributed by atoms with Crippen LogP contribution in [0.1, 0.15) is 116 Å². The number of hydrogen-bond donors (Lipinski definition) is 4. The SMILES string of the molecule is Cc1cccc(C(=O)N2CCC(CCCCCC(=O)/C=C/c3ccc[n+](Cc4cc(C)c(OC5OCC(O)[C@H](O)[C@@H]5O)c(NC(=O)CCCC(=O)C5(N6C(=O)C=CC6=O)CCC5)c4)c3)CC2)c1. The van der Waals surface area contributed by atoms with Gasteiger partial charge in [-0.05, 0) is 113 Å². The summed E-state index contributed by atoms with van der Waals surface area (Å²) >= 11 is 0. The first-order chi connectivity index (χ1) is 32.2. The van der Waals surface area contributed by atoms with Gasteiger partial charge in [-0.1, -0.05) is 37.0 Å². The van der Waals surface area contributed by atoms with Crippen molar-refractivity contribution in [3.05, 3.63) is 107 Å². The predicted octanol–water partition coefficient (Wildman–Crippen LogP) is 5.07. The van der Waals surface area contributed by atoms with Crippen LogP contribution in [0.4, 0.5) is 5.69 Å². The lowest BCUT2D eigenvalue weighted by Crippen LogP contribution is -2.61. The van der Waals surface area contributed by atoms with Gasteiger partial charge >= 0.3 is 0 Å². The third-order valence-electron chi connectivity index (χ3n) is 13.5. The minimum Gasteiger partial charge on any atom is -0.460 e. The molecule has 1 aromatic heterocycles. The molecule has 3 fully saturated rings. The number of rotatable bonds is 20. The molecule has 67 heavy (non-hydrogen) atoms. The fourth-order valence-electron chi connectivity index (χ4n) is 9.52. The molecule has 15 nitrogen and oxygen atoms in total. The highest BCUT2D eigenvalue weighted by atomic mass is 16.7. The van der Waals surface area contributed by atoms with E-state index in [1.54, 1.807) is 25.1 Å². The molecular formula is C52H63N4O11+. The summed E-state index contributed by atoms with van der Waals surface area (Å²) in [4.78, 5) is 80.5. The number of aromatic nitrogens is 1. The third kappa shape index (κ3) is 12.2. The van der Waals surface area contributed by atoms with Crippen LogP contribution in [0.15, 0.2) is 79.2 Å². The number of aliphatic hydroxyl groups is 3. The number of hydrogen-bond acceptors (Lipinski definition) is 11. The molecule has 4 heterocycles. The van der Waals surface area contributed by atoms with Crippen LogP contribution in [0.5, 0.6) is 5.75 Å². The number of aliphatic hydroxyl groups excluding tert-OH is 3. The van der Waals surface area contributed by atoms with E-state index in [2.05, 4.69) is 5.32 Å². The molecule has 0 radical (unpaired) electrons. The minimum atomic E-state index is -1.58. The number of ether oxygens (including phenoxy) is 2. The van der Waals surface area contributed by atoms with Gasteiger partial charge in [-0.15, -0.1) is 0 Å². The number of Topliss-reactive ketones (excluding diaryl/α,β-unsaturated/α-hetero) is 1. The van der Waals surface area contributed by atoms with Crippen molar-refractivity contribution in [3.63, 3.8) is 0 Å². The lowest BCUT2D eigenvalue weighted by molar-refractivity contribution is -0.688. The van der Waals surface area contributed by atoms with Gasteiger partial charge < -0.3 is 35.0 Å². The zero-order valence-corrected chi connectivity index (χ0v) is 38.4. The molecule has 2 saturated heterocycles. The summed E-state index contributed by atoms with van der Waals surface area (Å²) in [5.41, 5.74) is 3.11. The highest BCUT2D eigenvalue weighted by Gasteiger charge is 2.53. The number of pyridine rings is 1. The summed E-state index contributed by atoms with van der Waals surface area (Å²) in [5, 5.41) is 33.8. The topological polar surface area (TPSA) is 204 Å². The zero-order chi connectivity index (χ0) is 47.7. The van der Waals surface area contributed by atoms with E-state index in [1.807, 2.05) is 71.2 Å². The number of amides is 4. The molecule has 4 aliphatic rings.